The van der Waals surface area contributed by atoms with Crippen LogP contribution in [0.4, 0.5) is 0 Å². The fourth-order valence-electron chi connectivity index (χ4n) is 1.65. The Balaban J connectivity index is 1.91. The van der Waals surface area contributed by atoms with E-state index < -0.39 is 5.97 Å². The molecule has 0 unspecified atom stereocenters. The molecule has 0 bridgehead atoms. The van der Waals surface area contributed by atoms with Gasteiger partial charge in [0.2, 0.25) is 17.6 Å². The molecule has 8 nitrogen and oxygen atoms in total. The van der Waals surface area contributed by atoms with Crippen LogP contribution in [-0.2, 0) is 16.0 Å². The molecule has 8 heteroatoms. The molecule has 0 aliphatic rings. The zero-order valence-corrected chi connectivity index (χ0v) is 11.4. The first-order chi connectivity index (χ1) is 10.1. The molecule has 2 aromatic rings. The minimum Gasteiger partial charge on any atom is -0.480 e. The van der Waals surface area contributed by atoms with Gasteiger partial charge in [0.25, 0.3) is 0 Å². The summed E-state index contributed by atoms with van der Waals surface area (Å²) >= 11 is 0. The minimum atomic E-state index is -1.05. The molecule has 0 radical (unpaired) electrons. The second-order valence-electron chi connectivity index (χ2n) is 4.37. The number of nitrogens with zero attached hydrogens (tertiary/aromatic N) is 4. The Kier molecular flexibility index (Phi) is 4.60. The average Bonchev–Trinajstić information content (AvgIpc) is 2.94. The highest BCUT2D eigenvalue weighted by atomic mass is 16.5. The number of likely N-dealkylation sites (N-methyl/N-ethyl adjacent to an activating group) is 1. The van der Waals surface area contributed by atoms with Crippen LogP contribution in [0.15, 0.2) is 28.9 Å². The lowest BCUT2D eigenvalue weighted by Crippen LogP contribution is -2.32. The Morgan fingerprint density at radius 1 is 1.38 bits per heavy atom. The van der Waals surface area contributed by atoms with Crippen LogP contribution >= 0.6 is 0 Å². The highest BCUT2D eigenvalue weighted by Gasteiger charge is 2.15. The van der Waals surface area contributed by atoms with E-state index in [4.69, 9.17) is 9.63 Å². The third kappa shape index (κ3) is 4.10. The molecule has 110 valence electrons. The van der Waals surface area contributed by atoms with Crippen molar-refractivity contribution in [3.63, 3.8) is 0 Å². The van der Waals surface area contributed by atoms with Crippen LogP contribution < -0.4 is 0 Å². The summed E-state index contributed by atoms with van der Waals surface area (Å²) < 4.78 is 5.04. The Bertz CT molecular complexity index is 626. The lowest BCUT2D eigenvalue weighted by molar-refractivity contribution is -0.143. The molecule has 1 N–H and O–H groups in total. The quantitative estimate of drug-likeness (QED) is 0.829. The van der Waals surface area contributed by atoms with Crippen LogP contribution in [0.3, 0.4) is 0 Å². The summed E-state index contributed by atoms with van der Waals surface area (Å²) in [4.78, 5) is 31.6. The predicted octanol–water partition coefficient (Wildman–Crippen LogP) is 0.607. The number of aliphatic carboxylic acids is 1. The molecular formula is C13H14N4O4. The maximum absolute atomic E-state index is 11.7. The van der Waals surface area contributed by atoms with E-state index in [-0.39, 0.29) is 25.3 Å². The number of amides is 1. The third-order valence-electron chi connectivity index (χ3n) is 2.71. The maximum Gasteiger partial charge on any atom is 0.323 e. The van der Waals surface area contributed by atoms with Gasteiger partial charge in [0.05, 0.1) is 0 Å². The molecule has 2 aromatic heterocycles. The topological polar surface area (TPSA) is 109 Å². The molecule has 0 aromatic carbocycles. The van der Waals surface area contributed by atoms with Gasteiger partial charge < -0.3 is 14.5 Å². The molecule has 0 saturated heterocycles. The van der Waals surface area contributed by atoms with E-state index in [9.17, 15) is 9.59 Å². The summed E-state index contributed by atoms with van der Waals surface area (Å²) in [5.41, 5.74) is 0.585. The molecule has 0 spiro atoms. The molecule has 2 rings (SSSR count). The van der Waals surface area contributed by atoms with Crippen molar-refractivity contribution in [1.29, 1.82) is 0 Å². The third-order valence-corrected chi connectivity index (χ3v) is 2.71. The van der Waals surface area contributed by atoms with Gasteiger partial charge in [-0.15, -0.1) is 0 Å². The Hall–Kier alpha value is -2.77. The lowest BCUT2D eigenvalue weighted by Gasteiger charge is -2.13. The van der Waals surface area contributed by atoms with Gasteiger partial charge in [-0.25, -0.2) is 0 Å². The lowest BCUT2D eigenvalue weighted by atomic mass is 10.2. The molecule has 0 aliphatic heterocycles. The van der Waals surface area contributed by atoms with Gasteiger partial charge in [-0.1, -0.05) is 11.2 Å². The van der Waals surface area contributed by atoms with Crippen LogP contribution in [-0.4, -0.2) is 50.6 Å². The number of aryl methyl sites for hydroxylation is 1. The molecule has 0 fully saturated rings. The fraction of sp³-hybridized carbons (Fsp3) is 0.308. The number of carbonyl (C=O) groups is 2. The van der Waals surface area contributed by atoms with Gasteiger partial charge in [-0.2, -0.15) is 4.98 Å². The Morgan fingerprint density at radius 3 is 2.86 bits per heavy atom. The average molecular weight is 290 g/mol. The largest absolute Gasteiger partial charge is 0.480 e. The Morgan fingerprint density at radius 2 is 2.19 bits per heavy atom. The van der Waals surface area contributed by atoms with Crippen molar-refractivity contribution in [2.75, 3.05) is 13.6 Å². The van der Waals surface area contributed by atoms with Crippen molar-refractivity contribution >= 4 is 11.9 Å². The molecule has 21 heavy (non-hydrogen) atoms. The van der Waals surface area contributed by atoms with E-state index in [1.54, 1.807) is 18.3 Å². The van der Waals surface area contributed by atoms with E-state index >= 15 is 0 Å². The SMILES string of the molecule is CN(CC(=O)O)C(=O)CCc1nc(-c2ccccn2)no1. The minimum absolute atomic E-state index is 0.105. The van der Waals surface area contributed by atoms with E-state index in [0.717, 1.165) is 4.90 Å². The predicted molar refractivity (Wildman–Crippen MR) is 71.1 cm³/mol. The van der Waals surface area contributed by atoms with Crippen molar-refractivity contribution in [3.8, 4) is 11.5 Å². The van der Waals surface area contributed by atoms with Crippen LogP contribution in [0, 0.1) is 0 Å². The van der Waals surface area contributed by atoms with Gasteiger partial charge in [0.15, 0.2) is 0 Å². The van der Waals surface area contributed by atoms with Crippen molar-refractivity contribution in [2.24, 2.45) is 0 Å². The number of carboxylic acid groups (broad SMARTS) is 1. The van der Waals surface area contributed by atoms with Gasteiger partial charge in [0.1, 0.15) is 12.2 Å². The van der Waals surface area contributed by atoms with Crippen LogP contribution in [0.1, 0.15) is 12.3 Å². The van der Waals surface area contributed by atoms with Crippen LogP contribution in [0.2, 0.25) is 0 Å². The number of carbonyl (C=O) groups excluding carboxylic acids is 1. The summed E-state index contributed by atoms with van der Waals surface area (Å²) in [6.45, 7) is -0.331. The summed E-state index contributed by atoms with van der Waals surface area (Å²) in [6.07, 6.45) is 1.98. The zero-order chi connectivity index (χ0) is 15.2. The van der Waals surface area contributed by atoms with Crippen LogP contribution in [0.25, 0.3) is 11.5 Å². The molecule has 0 atom stereocenters. The summed E-state index contributed by atoms with van der Waals surface area (Å²) in [7, 11) is 1.43. The van der Waals surface area contributed by atoms with E-state index in [1.165, 1.54) is 7.05 Å². The van der Waals surface area contributed by atoms with Crippen molar-refractivity contribution in [1.82, 2.24) is 20.0 Å². The smallest absolute Gasteiger partial charge is 0.323 e. The number of aromatic nitrogens is 3. The second kappa shape index (κ2) is 6.60. The zero-order valence-electron chi connectivity index (χ0n) is 11.4. The highest BCUT2D eigenvalue weighted by Crippen LogP contribution is 2.12. The fourth-order valence-corrected chi connectivity index (χ4v) is 1.65. The number of hydrogen-bond donors (Lipinski definition) is 1. The van der Waals surface area contributed by atoms with Gasteiger partial charge >= 0.3 is 5.97 Å². The second-order valence-corrected chi connectivity index (χ2v) is 4.37. The van der Waals surface area contributed by atoms with Crippen LogP contribution in [0.5, 0.6) is 0 Å². The molecule has 0 aliphatic carbocycles. The molecule has 1 amide bonds. The van der Waals surface area contributed by atoms with Crippen molar-refractivity contribution in [2.45, 2.75) is 12.8 Å². The Labute approximate surface area is 120 Å². The number of hydrogen-bond acceptors (Lipinski definition) is 6. The summed E-state index contributed by atoms with van der Waals surface area (Å²) in [5, 5.41) is 12.4. The van der Waals surface area contributed by atoms with E-state index in [1.807, 2.05) is 6.07 Å². The first kappa shape index (κ1) is 14.6. The number of pyridine rings is 1. The first-order valence-corrected chi connectivity index (χ1v) is 6.26. The van der Waals surface area contributed by atoms with Gasteiger partial charge in [-0.3, -0.25) is 14.6 Å². The normalized spacial score (nSPS) is 10.3. The molecule has 2 heterocycles. The van der Waals surface area contributed by atoms with Gasteiger partial charge in [-0.05, 0) is 12.1 Å². The molecular weight excluding hydrogens is 276 g/mol. The maximum atomic E-state index is 11.7. The monoisotopic (exact) mass is 290 g/mol. The van der Waals surface area contributed by atoms with Gasteiger partial charge in [0, 0.05) is 26.1 Å². The standard InChI is InChI=1S/C13H14N4O4/c1-17(8-12(19)20)11(18)6-5-10-15-13(16-21-10)9-4-2-3-7-14-9/h2-4,7H,5-6,8H2,1H3,(H,19,20). The first-order valence-electron chi connectivity index (χ1n) is 6.26. The van der Waals surface area contributed by atoms with E-state index in [2.05, 4.69) is 15.1 Å². The number of carboxylic acids is 1. The van der Waals surface area contributed by atoms with Crippen molar-refractivity contribution in [3.05, 3.63) is 30.3 Å². The van der Waals surface area contributed by atoms with E-state index in [0.29, 0.717) is 17.4 Å². The molecule has 0 saturated carbocycles. The highest BCUT2D eigenvalue weighted by molar-refractivity contribution is 5.81. The summed E-state index contributed by atoms with van der Waals surface area (Å²) in [6, 6.07) is 5.34. The van der Waals surface area contributed by atoms with Crippen molar-refractivity contribution < 1.29 is 19.2 Å². The number of rotatable bonds is 6. The summed E-state index contributed by atoms with van der Waals surface area (Å²) in [5.74, 6) is -0.680.